The van der Waals surface area contributed by atoms with Crippen molar-refractivity contribution in [2.24, 2.45) is 0 Å². The molecule has 1 rings (SSSR count). The molecule has 1 atom stereocenters. The van der Waals surface area contributed by atoms with Gasteiger partial charge >= 0.3 is 0 Å². The minimum absolute atomic E-state index is 0.412. The first-order chi connectivity index (χ1) is 4.22. The minimum Gasteiger partial charge on any atom is -0.389 e. The van der Waals surface area contributed by atoms with Crippen LogP contribution in [0.15, 0.2) is 5.38 Å². The Kier molecular flexibility index (Phi) is 2.05. The zero-order valence-electron chi connectivity index (χ0n) is 4.84. The predicted octanol–water partition coefficient (Wildman–Crippen LogP) is 1.85. The van der Waals surface area contributed by atoms with E-state index in [4.69, 9.17) is 16.7 Å². The number of aliphatic hydroxyl groups is 1. The van der Waals surface area contributed by atoms with Crippen molar-refractivity contribution in [1.82, 2.24) is 4.37 Å². The lowest BCUT2D eigenvalue weighted by molar-refractivity contribution is 0.199. The van der Waals surface area contributed by atoms with E-state index in [2.05, 4.69) is 4.37 Å². The molecule has 1 aromatic heterocycles. The summed E-state index contributed by atoms with van der Waals surface area (Å²) in [6, 6.07) is 0. The topological polar surface area (TPSA) is 33.1 Å². The third kappa shape index (κ3) is 1.41. The summed E-state index contributed by atoms with van der Waals surface area (Å²) in [5, 5.41) is 11.1. The van der Waals surface area contributed by atoms with Gasteiger partial charge in [0.1, 0.15) is 5.15 Å². The standard InChI is InChI=1S/C5H6ClNOS/c1-3(8)4-2-9-7-5(4)6/h2-3,8H,1H3. The van der Waals surface area contributed by atoms with Crippen LogP contribution in [-0.2, 0) is 0 Å². The van der Waals surface area contributed by atoms with Crippen LogP contribution in [0.3, 0.4) is 0 Å². The van der Waals surface area contributed by atoms with E-state index >= 15 is 0 Å². The van der Waals surface area contributed by atoms with Gasteiger partial charge in [0, 0.05) is 10.9 Å². The Labute approximate surface area is 62.3 Å². The van der Waals surface area contributed by atoms with Crippen LogP contribution in [0.25, 0.3) is 0 Å². The monoisotopic (exact) mass is 163 g/mol. The van der Waals surface area contributed by atoms with Gasteiger partial charge in [-0.3, -0.25) is 0 Å². The maximum atomic E-state index is 8.98. The summed E-state index contributed by atoms with van der Waals surface area (Å²) in [7, 11) is 0. The second-order valence-electron chi connectivity index (χ2n) is 1.74. The number of halogens is 1. The molecule has 1 unspecified atom stereocenters. The van der Waals surface area contributed by atoms with Gasteiger partial charge in [-0.05, 0) is 18.5 Å². The Morgan fingerprint density at radius 3 is 2.78 bits per heavy atom. The van der Waals surface area contributed by atoms with E-state index in [1.165, 1.54) is 11.5 Å². The van der Waals surface area contributed by atoms with Crippen LogP contribution in [0.2, 0.25) is 5.15 Å². The summed E-state index contributed by atoms with van der Waals surface area (Å²) in [6.45, 7) is 1.66. The normalized spacial score (nSPS) is 13.7. The highest BCUT2D eigenvalue weighted by Crippen LogP contribution is 2.22. The molecule has 0 bridgehead atoms. The minimum atomic E-state index is -0.503. The first kappa shape index (κ1) is 6.99. The molecule has 0 aromatic carbocycles. The van der Waals surface area contributed by atoms with E-state index in [1.54, 1.807) is 12.3 Å². The zero-order chi connectivity index (χ0) is 6.85. The Morgan fingerprint density at radius 2 is 2.56 bits per heavy atom. The number of nitrogens with zero attached hydrogens (tertiary/aromatic N) is 1. The van der Waals surface area contributed by atoms with Gasteiger partial charge in [0.25, 0.3) is 0 Å². The molecule has 9 heavy (non-hydrogen) atoms. The van der Waals surface area contributed by atoms with Crippen molar-refractivity contribution in [2.75, 3.05) is 0 Å². The van der Waals surface area contributed by atoms with Gasteiger partial charge in [-0.2, -0.15) is 4.37 Å². The van der Waals surface area contributed by atoms with Gasteiger partial charge in [-0.1, -0.05) is 11.6 Å². The van der Waals surface area contributed by atoms with Crippen LogP contribution in [0.1, 0.15) is 18.6 Å². The van der Waals surface area contributed by atoms with Gasteiger partial charge in [0.15, 0.2) is 0 Å². The van der Waals surface area contributed by atoms with Crippen molar-refractivity contribution in [3.05, 3.63) is 16.1 Å². The van der Waals surface area contributed by atoms with Crippen molar-refractivity contribution in [3.63, 3.8) is 0 Å². The van der Waals surface area contributed by atoms with Crippen LogP contribution in [-0.4, -0.2) is 9.48 Å². The van der Waals surface area contributed by atoms with Crippen LogP contribution in [0, 0.1) is 0 Å². The molecular weight excluding hydrogens is 158 g/mol. The molecule has 0 fully saturated rings. The fraction of sp³-hybridized carbons (Fsp3) is 0.400. The second-order valence-corrected chi connectivity index (χ2v) is 2.72. The average Bonchev–Trinajstić information content (AvgIpc) is 2.13. The number of hydrogen-bond donors (Lipinski definition) is 1. The Morgan fingerprint density at radius 1 is 1.89 bits per heavy atom. The molecule has 0 saturated carbocycles. The van der Waals surface area contributed by atoms with Crippen molar-refractivity contribution in [2.45, 2.75) is 13.0 Å². The molecule has 1 N–H and O–H groups in total. The molecule has 4 heteroatoms. The Bertz CT molecular complexity index is 199. The van der Waals surface area contributed by atoms with Crippen LogP contribution >= 0.6 is 23.1 Å². The largest absolute Gasteiger partial charge is 0.389 e. The van der Waals surface area contributed by atoms with Crippen molar-refractivity contribution < 1.29 is 5.11 Å². The summed E-state index contributed by atoms with van der Waals surface area (Å²) in [4.78, 5) is 0. The lowest BCUT2D eigenvalue weighted by Gasteiger charge is -1.97. The molecule has 0 spiro atoms. The fourth-order valence-electron chi connectivity index (χ4n) is 0.502. The molecule has 0 radical (unpaired) electrons. The molecule has 0 amide bonds. The average molecular weight is 164 g/mol. The van der Waals surface area contributed by atoms with E-state index in [1.807, 2.05) is 0 Å². The number of rotatable bonds is 1. The second kappa shape index (κ2) is 2.64. The first-order valence-corrected chi connectivity index (χ1v) is 3.71. The van der Waals surface area contributed by atoms with E-state index in [9.17, 15) is 0 Å². The molecule has 1 heterocycles. The molecule has 1 aromatic rings. The molecule has 0 aliphatic rings. The summed E-state index contributed by atoms with van der Waals surface area (Å²) in [6.07, 6.45) is -0.503. The van der Waals surface area contributed by atoms with Crippen LogP contribution in [0.5, 0.6) is 0 Å². The van der Waals surface area contributed by atoms with Gasteiger partial charge in [0.05, 0.1) is 6.10 Å². The van der Waals surface area contributed by atoms with Gasteiger partial charge in [-0.25, -0.2) is 0 Å². The zero-order valence-corrected chi connectivity index (χ0v) is 6.41. The smallest absolute Gasteiger partial charge is 0.148 e. The lowest BCUT2D eigenvalue weighted by atomic mass is 10.2. The highest BCUT2D eigenvalue weighted by atomic mass is 35.5. The third-order valence-electron chi connectivity index (χ3n) is 1.00. The summed E-state index contributed by atoms with van der Waals surface area (Å²) >= 11 is 6.83. The van der Waals surface area contributed by atoms with Gasteiger partial charge < -0.3 is 5.11 Å². The molecule has 0 aliphatic heterocycles. The van der Waals surface area contributed by atoms with E-state index < -0.39 is 6.10 Å². The SMILES string of the molecule is CC(O)c1csnc1Cl. The molecular formula is C5H6ClNOS. The fourth-order valence-corrected chi connectivity index (χ4v) is 1.57. The third-order valence-corrected chi connectivity index (χ3v) is 2.05. The summed E-state index contributed by atoms with van der Waals surface area (Å²) in [5.74, 6) is 0. The number of aliphatic hydroxyl groups excluding tert-OH is 1. The number of hydrogen-bond acceptors (Lipinski definition) is 3. The Hall–Kier alpha value is -0.120. The molecule has 50 valence electrons. The molecule has 0 saturated heterocycles. The highest BCUT2D eigenvalue weighted by Gasteiger charge is 2.06. The van der Waals surface area contributed by atoms with Crippen molar-refractivity contribution in [3.8, 4) is 0 Å². The van der Waals surface area contributed by atoms with Gasteiger partial charge in [0.2, 0.25) is 0 Å². The quantitative estimate of drug-likeness (QED) is 0.686. The van der Waals surface area contributed by atoms with Crippen molar-refractivity contribution in [1.29, 1.82) is 0 Å². The van der Waals surface area contributed by atoms with Gasteiger partial charge in [-0.15, -0.1) is 0 Å². The summed E-state index contributed by atoms with van der Waals surface area (Å²) < 4.78 is 3.78. The lowest BCUT2D eigenvalue weighted by Crippen LogP contribution is -1.87. The number of aromatic nitrogens is 1. The van der Waals surface area contributed by atoms with E-state index in [0.717, 1.165) is 0 Å². The maximum Gasteiger partial charge on any atom is 0.148 e. The Balaban J connectivity index is 2.94. The first-order valence-electron chi connectivity index (χ1n) is 2.49. The van der Waals surface area contributed by atoms with E-state index in [0.29, 0.717) is 10.7 Å². The van der Waals surface area contributed by atoms with Crippen molar-refractivity contribution >= 4 is 23.1 Å². The van der Waals surface area contributed by atoms with E-state index in [-0.39, 0.29) is 0 Å². The predicted molar refractivity (Wildman–Crippen MR) is 37.8 cm³/mol. The van der Waals surface area contributed by atoms with Crippen LogP contribution in [0.4, 0.5) is 0 Å². The maximum absolute atomic E-state index is 8.98. The molecule has 2 nitrogen and oxygen atoms in total. The van der Waals surface area contributed by atoms with Crippen LogP contribution < -0.4 is 0 Å². The molecule has 0 aliphatic carbocycles. The highest BCUT2D eigenvalue weighted by molar-refractivity contribution is 7.04. The summed E-state index contributed by atoms with van der Waals surface area (Å²) in [5.41, 5.74) is 0.710.